The van der Waals surface area contributed by atoms with Crippen molar-refractivity contribution in [3.63, 3.8) is 0 Å². The lowest BCUT2D eigenvalue weighted by molar-refractivity contribution is -0.119. The third kappa shape index (κ3) is 6.19. The summed E-state index contributed by atoms with van der Waals surface area (Å²) in [6.07, 6.45) is 2.72. The molecule has 1 aromatic carbocycles. The number of amides is 1. The van der Waals surface area contributed by atoms with Gasteiger partial charge in [-0.1, -0.05) is 55.9 Å². The van der Waals surface area contributed by atoms with Gasteiger partial charge >= 0.3 is 0 Å². The van der Waals surface area contributed by atoms with E-state index in [0.717, 1.165) is 19.3 Å². The highest BCUT2D eigenvalue weighted by molar-refractivity contribution is 7.99. The Hall–Kier alpha value is -2.12. The van der Waals surface area contributed by atoms with Gasteiger partial charge in [0.25, 0.3) is 5.56 Å². The number of benzene rings is 1. The molecule has 3 aromatic rings. The molecular weight excluding hydrogens is 414 g/mol. The van der Waals surface area contributed by atoms with Crippen LogP contribution in [-0.2, 0) is 17.8 Å². The predicted molar refractivity (Wildman–Crippen MR) is 126 cm³/mol. The maximum absolute atomic E-state index is 12.9. The monoisotopic (exact) mass is 443 g/mol. The fourth-order valence-electron chi connectivity index (χ4n) is 3.16. The Morgan fingerprint density at radius 3 is 2.67 bits per heavy atom. The van der Waals surface area contributed by atoms with Gasteiger partial charge < -0.3 is 5.32 Å². The van der Waals surface area contributed by atoms with Gasteiger partial charge in [-0.2, -0.15) is 0 Å². The van der Waals surface area contributed by atoms with Crippen LogP contribution in [0.3, 0.4) is 0 Å². The number of hydrogen-bond acceptors (Lipinski definition) is 5. The number of aromatic nitrogens is 2. The molecule has 160 valence electrons. The first kappa shape index (κ1) is 22.6. The Kier molecular flexibility index (Phi) is 8.10. The molecule has 0 unspecified atom stereocenters. The highest BCUT2D eigenvalue weighted by atomic mass is 32.2. The Bertz CT molecular complexity index is 1030. The lowest BCUT2D eigenvalue weighted by Gasteiger charge is -2.15. The third-order valence-corrected chi connectivity index (χ3v) is 6.78. The van der Waals surface area contributed by atoms with Gasteiger partial charge in [0.15, 0.2) is 5.16 Å². The number of aryl methyl sites for hydroxylation is 1. The van der Waals surface area contributed by atoms with Gasteiger partial charge in [-0.3, -0.25) is 14.2 Å². The van der Waals surface area contributed by atoms with Crippen LogP contribution in [0.4, 0.5) is 0 Å². The lowest BCUT2D eigenvalue weighted by Crippen LogP contribution is -2.34. The van der Waals surface area contributed by atoms with Crippen LogP contribution in [0.15, 0.2) is 51.7 Å². The number of rotatable bonds is 10. The zero-order valence-corrected chi connectivity index (χ0v) is 19.4. The fraction of sp³-hybridized carbons (Fsp3) is 0.435. The molecule has 7 heteroatoms. The second-order valence-corrected chi connectivity index (χ2v) is 9.81. The summed E-state index contributed by atoms with van der Waals surface area (Å²) < 4.78 is 2.41. The van der Waals surface area contributed by atoms with E-state index in [9.17, 15) is 9.59 Å². The summed E-state index contributed by atoms with van der Waals surface area (Å²) in [6, 6.07) is 12.2. The quantitative estimate of drug-likeness (QED) is 0.363. The molecule has 1 amide bonds. The first-order chi connectivity index (χ1) is 14.4. The second kappa shape index (κ2) is 10.8. The number of carbonyl (C=O) groups excluding carboxylic acids is 1. The Labute approximate surface area is 185 Å². The normalized spacial score (nSPS) is 12.4. The molecule has 2 heterocycles. The van der Waals surface area contributed by atoms with E-state index >= 15 is 0 Å². The smallest absolute Gasteiger partial charge is 0.272 e. The number of nitrogens with zero attached hydrogens (tertiary/aromatic N) is 2. The van der Waals surface area contributed by atoms with Crippen molar-refractivity contribution in [3.8, 4) is 0 Å². The van der Waals surface area contributed by atoms with Gasteiger partial charge in [0.05, 0.1) is 11.3 Å². The van der Waals surface area contributed by atoms with Gasteiger partial charge in [-0.25, -0.2) is 4.98 Å². The molecule has 0 spiro atoms. The molecular formula is C23H29N3O2S2. The zero-order chi connectivity index (χ0) is 21.5. The topological polar surface area (TPSA) is 64.0 Å². The molecule has 5 nitrogen and oxygen atoms in total. The molecule has 0 saturated carbocycles. The zero-order valence-electron chi connectivity index (χ0n) is 17.8. The predicted octanol–water partition coefficient (Wildman–Crippen LogP) is 4.73. The minimum absolute atomic E-state index is 0.00483. The third-order valence-electron chi connectivity index (χ3n) is 4.91. The van der Waals surface area contributed by atoms with Crippen molar-refractivity contribution < 1.29 is 4.79 Å². The van der Waals surface area contributed by atoms with Crippen LogP contribution in [0, 0.1) is 5.92 Å². The van der Waals surface area contributed by atoms with Crippen molar-refractivity contribution in [3.05, 3.63) is 57.7 Å². The van der Waals surface area contributed by atoms with Crippen LogP contribution in [0.5, 0.6) is 0 Å². The SMILES string of the molecule is CC(C)CCn1c(SCC(=O)N[C@H](C)CCc2ccccc2)nc2ccsc2c1=O. The van der Waals surface area contributed by atoms with Crippen LogP contribution >= 0.6 is 23.1 Å². The lowest BCUT2D eigenvalue weighted by atomic mass is 10.1. The Morgan fingerprint density at radius 2 is 1.93 bits per heavy atom. The summed E-state index contributed by atoms with van der Waals surface area (Å²) in [5.74, 6) is 0.706. The molecule has 30 heavy (non-hydrogen) atoms. The highest BCUT2D eigenvalue weighted by Crippen LogP contribution is 2.21. The summed E-state index contributed by atoms with van der Waals surface area (Å²) in [5.41, 5.74) is 1.98. The maximum Gasteiger partial charge on any atom is 0.272 e. The maximum atomic E-state index is 12.9. The molecule has 3 rings (SSSR count). The van der Waals surface area contributed by atoms with E-state index in [2.05, 4.69) is 36.3 Å². The number of fused-ring (bicyclic) bond motifs is 1. The molecule has 0 aliphatic rings. The summed E-state index contributed by atoms with van der Waals surface area (Å²) in [7, 11) is 0. The summed E-state index contributed by atoms with van der Waals surface area (Å²) >= 11 is 2.76. The van der Waals surface area contributed by atoms with Crippen LogP contribution in [-0.4, -0.2) is 27.3 Å². The van der Waals surface area contributed by atoms with Gasteiger partial charge in [0.1, 0.15) is 4.70 Å². The molecule has 1 N–H and O–H groups in total. The summed E-state index contributed by atoms with van der Waals surface area (Å²) in [6.45, 7) is 6.92. The van der Waals surface area contributed by atoms with Crippen molar-refractivity contribution in [2.45, 2.75) is 57.8 Å². The van der Waals surface area contributed by atoms with Crippen LogP contribution in [0.2, 0.25) is 0 Å². The molecule has 2 aromatic heterocycles. The van der Waals surface area contributed by atoms with Crippen LogP contribution in [0.1, 0.15) is 39.2 Å². The van der Waals surface area contributed by atoms with E-state index < -0.39 is 0 Å². The number of thiophene rings is 1. The summed E-state index contributed by atoms with van der Waals surface area (Å²) in [5, 5.41) is 5.58. The van der Waals surface area contributed by atoms with Gasteiger partial charge in [0, 0.05) is 12.6 Å². The number of hydrogen-bond donors (Lipinski definition) is 1. The number of nitrogens with one attached hydrogen (secondary N) is 1. The Morgan fingerprint density at radius 1 is 1.17 bits per heavy atom. The van der Waals surface area contributed by atoms with Crippen molar-refractivity contribution in [1.29, 1.82) is 0 Å². The van der Waals surface area contributed by atoms with Gasteiger partial charge in [0.2, 0.25) is 5.91 Å². The van der Waals surface area contributed by atoms with Gasteiger partial charge in [-0.05, 0) is 49.1 Å². The first-order valence-electron chi connectivity index (χ1n) is 10.4. The largest absolute Gasteiger partial charge is 0.353 e. The Balaban J connectivity index is 1.60. The van der Waals surface area contributed by atoms with Crippen molar-refractivity contribution in [2.75, 3.05) is 5.75 Å². The van der Waals surface area contributed by atoms with E-state index in [1.165, 1.54) is 28.7 Å². The van der Waals surface area contributed by atoms with Crippen LogP contribution in [0.25, 0.3) is 10.2 Å². The minimum atomic E-state index is -0.0318. The van der Waals surface area contributed by atoms with E-state index in [1.54, 1.807) is 4.57 Å². The summed E-state index contributed by atoms with van der Waals surface area (Å²) in [4.78, 5) is 30.0. The molecule has 1 atom stereocenters. The number of carbonyl (C=O) groups is 1. The minimum Gasteiger partial charge on any atom is -0.353 e. The van der Waals surface area contributed by atoms with Crippen molar-refractivity contribution >= 4 is 39.2 Å². The standard InChI is InChI=1S/C23H29N3O2S2/c1-16(2)11-13-26-22(28)21-19(12-14-29-21)25-23(26)30-15-20(27)24-17(3)9-10-18-7-5-4-6-8-18/h4-8,12,14,16-17H,9-11,13,15H2,1-3H3,(H,24,27)/t17-/m1/s1. The first-order valence-corrected chi connectivity index (χ1v) is 12.2. The van der Waals surface area contributed by atoms with E-state index in [0.29, 0.717) is 27.8 Å². The molecule has 0 fully saturated rings. The molecule has 0 saturated heterocycles. The van der Waals surface area contributed by atoms with E-state index in [-0.39, 0.29) is 23.3 Å². The molecule has 0 aliphatic carbocycles. The van der Waals surface area contributed by atoms with Crippen molar-refractivity contribution in [2.24, 2.45) is 5.92 Å². The van der Waals surface area contributed by atoms with Gasteiger partial charge in [-0.15, -0.1) is 11.3 Å². The average molecular weight is 444 g/mol. The fourth-order valence-corrected chi connectivity index (χ4v) is 4.78. The average Bonchev–Trinajstić information content (AvgIpc) is 3.19. The van der Waals surface area contributed by atoms with E-state index in [4.69, 9.17) is 0 Å². The number of thioether (sulfide) groups is 1. The van der Waals surface area contributed by atoms with Crippen molar-refractivity contribution in [1.82, 2.24) is 14.9 Å². The molecule has 0 bridgehead atoms. The highest BCUT2D eigenvalue weighted by Gasteiger charge is 2.15. The second-order valence-electron chi connectivity index (χ2n) is 7.95. The van der Waals surface area contributed by atoms with Crippen LogP contribution < -0.4 is 10.9 Å². The van der Waals surface area contributed by atoms with E-state index in [1.807, 2.05) is 36.6 Å². The molecule has 0 aliphatic heterocycles. The molecule has 0 radical (unpaired) electrons.